The van der Waals surface area contributed by atoms with E-state index in [0.29, 0.717) is 12.1 Å². The lowest BCUT2D eigenvalue weighted by Crippen LogP contribution is -2.29. The van der Waals surface area contributed by atoms with Crippen molar-refractivity contribution < 1.29 is 14.3 Å². The summed E-state index contributed by atoms with van der Waals surface area (Å²) in [4.78, 5) is 5.66. The molecule has 0 saturated heterocycles. The molecule has 1 N–H and O–H groups in total. The standard InChI is InChI=1S/C17H16FNO2/c1-13-11-17(20,15-7-9-16(18)10-8-15)21-19(13)12-14-5-3-2-4-6-14/h2-11,20H,12H2,1H3. The fourth-order valence-corrected chi connectivity index (χ4v) is 2.35. The molecule has 0 spiro atoms. The summed E-state index contributed by atoms with van der Waals surface area (Å²) in [6, 6.07) is 15.5. The van der Waals surface area contributed by atoms with E-state index in [-0.39, 0.29) is 5.82 Å². The molecule has 1 unspecified atom stereocenters. The van der Waals surface area contributed by atoms with Crippen molar-refractivity contribution in [3.05, 3.63) is 83.3 Å². The van der Waals surface area contributed by atoms with Gasteiger partial charge in [0.1, 0.15) is 5.82 Å². The molecule has 1 heterocycles. The maximum absolute atomic E-state index is 13.0. The van der Waals surface area contributed by atoms with Crippen LogP contribution < -0.4 is 0 Å². The maximum Gasteiger partial charge on any atom is 0.239 e. The molecule has 1 aliphatic rings. The van der Waals surface area contributed by atoms with Gasteiger partial charge < -0.3 is 5.11 Å². The number of aliphatic hydroxyl groups is 1. The number of nitrogens with zero attached hydrogens (tertiary/aromatic N) is 1. The van der Waals surface area contributed by atoms with E-state index in [1.807, 2.05) is 37.3 Å². The lowest BCUT2D eigenvalue weighted by Gasteiger charge is -2.25. The predicted octanol–water partition coefficient (Wildman–Crippen LogP) is 3.32. The molecular weight excluding hydrogens is 269 g/mol. The summed E-state index contributed by atoms with van der Waals surface area (Å²) >= 11 is 0. The van der Waals surface area contributed by atoms with Crippen molar-refractivity contribution in [1.82, 2.24) is 5.06 Å². The van der Waals surface area contributed by atoms with Crippen molar-refractivity contribution in [2.24, 2.45) is 0 Å². The van der Waals surface area contributed by atoms with E-state index < -0.39 is 5.79 Å². The average molecular weight is 285 g/mol. The van der Waals surface area contributed by atoms with Gasteiger partial charge in [-0.15, -0.1) is 0 Å². The van der Waals surface area contributed by atoms with Gasteiger partial charge in [0.15, 0.2) is 0 Å². The maximum atomic E-state index is 13.0. The molecule has 0 amide bonds. The van der Waals surface area contributed by atoms with E-state index in [1.54, 1.807) is 11.1 Å². The Labute approximate surface area is 122 Å². The normalized spacial score (nSPS) is 21.5. The van der Waals surface area contributed by atoms with Crippen LogP contribution in [0.3, 0.4) is 0 Å². The van der Waals surface area contributed by atoms with Gasteiger partial charge in [-0.05, 0) is 24.6 Å². The zero-order chi connectivity index (χ0) is 14.9. The molecule has 3 rings (SSSR count). The molecule has 108 valence electrons. The highest BCUT2D eigenvalue weighted by molar-refractivity contribution is 5.28. The van der Waals surface area contributed by atoms with Crippen molar-refractivity contribution in [3.63, 3.8) is 0 Å². The first kappa shape index (κ1) is 13.8. The van der Waals surface area contributed by atoms with Gasteiger partial charge in [0, 0.05) is 17.3 Å². The van der Waals surface area contributed by atoms with Crippen LogP contribution in [0.15, 0.2) is 66.4 Å². The van der Waals surface area contributed by atoms with Crippen LogP contribution in [0.4, 0.5) is 4.39 Å². The number of benzene rings is 2. The summed E-state index contributed by atoms with van der Waals surface area (Å²) in [5.41, 5.74) is 2.39. The molecule has 3 nitrogen and oxygen atoms in total. The lowest BCUT2D eigenvalue weighted by molar-refractivity contribution is -0.283. The number of halogens is 1. The molecule has 2 aromatic carbocycles. The molecule has 4 heteroatoms. The number of rotatable bonds is 3. The van der Waals surface area contributed by atoms with Gasteiger partial charge in [-0.1, -0.05) is 42.5 Å². The lowest BCUT2D eigenvalue weighted by atomic mass is 10.1. The molecular formula is C17H16FNO2. The topological polar surface area (TPSA) is 32.7 Å². The highest BCUT2D eigenvalue weighted by Crippen LogP contribution is 2.35. The highest BCUT2D eigenvalue weighted by atomic mass is 19.1. The fraction of sp³-hybridized carbons (Fsp3) is 0.176. The molecule has 1 atom stereocenters. The Kier molecular flexibility index (Phi) is 3.49. The quantitative estimate of drug-likeness (QED) is 0.939. The van der Waals surface area contributed by atoms with Crippen molar-refractivity contribution in [3.8, 4) is 0 Å². The Morgan fingerprint density at radius 1 is 1.10 bits per heavy atom. The van der Waals surface area contributed by atoms with Gasteiger partial charge in [0.05, 0.1) is 6.54 Å². The number of hydroxylamine groups is 2. The second-order valence-corrected chi connectivity index (χ2v) is 5.10. The van der Waals surface area contributed by atoms with E-state index in [9.17, 15) is 9.50 Å². The summed E-state index contributed by atoms with van der Waals surface area (Å²) in [5.74, 6) is -1.89. The van der Waals surface area contributed by atoms with Crippen molar-refractivity contribution in [2.75, 3.05) is 0 Å². The minimum atomic E-state index is -1.55. The van der Waals surface area contributed by atoms with Gasteiger partial charge in [-0.2, -0.15) is 0 Å². The number of hydrogen-bond donors (Lipinski definition) is 1. The predicted molar refractivity (Wildman–Crippen MR) is 77.1 cm³/mol. The first-order valence-electron chi connectivity index (χ1n) is 6.75. The van der Waals surface area contributed by atoms with Crippen LogP contribution in [-0.2, 0) is 17.2 Å². The van der Waals surface area contributed by atoms with Crippen LogP contribution in [0, 0.1) is 5.82 Å². The minimum Gasteiger partial charge on any atom is -0.357 e. The van der Waals surface area contributed by atoms with Crippen LogP contribution in [0.2, 0.25) is 0 Å². The fourth-order valence-electron chi connectivity index (χ4n) is 2.35. The van der Waals surface area contributed by atoms with E-state index in [1.165, 1.54) is 24.3 Å². The molecule has 1 aliphatic heterocycles. The Morgan fingerprint density at radius 2 is 1.76 bits per heavy atom. The van der Waals surface area contributed by atoms with Gasteiger partial charge in [-0.3, -0.25) is 5.06 Å². The largest absolute Gasteiger partial charge is 0.357 e. The third kappa shape index (κ3) is 2.82. The third-order valence-electron chi connectivity index (χ3n) is 3.47. The summed E-state index contributed by atoms with van der Waals surface area (Å²) in [7, 11) is 0. The number of allylic oxidation sites excluding steroid dienone is 1. The monoisotopic (exact) mass is 285 g/mol. The first-order valence-corrected chi connectivity index (χ1v) is 6.75. The summed E-state index contributed by atoms with van der Waals surface area (Å²) < 4.78 is 13.0. The van der Waals surface area contributed by atoms with Crippen molar-refractivity contribution in [2.45, 2.75) is 19.3 Å². The van der Waals surface area contributed by atoms with Crippen molar-refractivity contribution >= 4 is 0 Å². The Hall–Kier alpha value is -2.17. The Balaban J connectivity index is 1.80. The van der Waals surface area contributed by atoms with Gasteiger partial charge in [-0.25, -0.2) is 9.23 Å². The molecule has 0 fully saturated rings. The Morgan fingerprint density at radius 3 is 2.43 bits per heavy atom. The van der Waals surface area contributed by atoms with Crippen LogP contribution in [0.25, 0.3) is 0 Å². The van der Waals surface area contributed by atoms with E-state index in [4.69, 9.17) is 4.84 Å². The second-order valence-electron chi connectivity index (χ2n) is 5.10. The minimum absolute atomic E-state index is 0.345. The first-order chi connectivity index (χ1) is 10.1. The summed E-state index contributed by atoms with van der Waals surface area (Å²) in [6.07, 6.45) is 1.63. The SMILES string of the molecule is CC1=CC(O)(c2ccc(F)cc2)ON1Cc1ccccc1. The van der Waals surface area contributed by atoms with Crippen LogP contribution in [0.1, 0.15) is 18.1 Å². The van der Waals surface area contributed by atoms with E-state index in [0.717, 1.165) is 11.3 Å². The van der Waals surface area contributed by atoms with Crippen LogP contribution >= 0.6 is 0 Å². The van der Waals surface area contributed by atoms with Crippen LogP contribution in [0.5, 0.6) is 0 Å². The van der Waals surface area contributed by atoms with Gasteiger partial charge in [0.25, 0.3) is 0 Å². The molecule has 0 aromatic heterocycles. The molecule has 0 radical (unpaired) electrons. The van der Waals surface area contributed by atoms with Crippen LogP contribution in [-0.4, -0.2) is 10.2 Å². The van der Waals surface area contributed by atoms with E-state index >= 15 is 0 Å². The molecule has 2 aromatic rings. The molecule has 0 bridgehead atoms. The Bertz CT molecular complexity index is 654. The number of hydrogen-bond acceptors (Lipinski definition) is 3. The second kappa shape index (κ2) is 5.31. The summed E-state index contributed by atoms with van der Waals surface area (Å²) in [6.45, 7) is 2.40. The molecule has 0 aliphatic carbocycles. The van der Waals surface area contributed by atoms with Gasteiger partial charge in [0.2, 0.25) is 5.79 Å². The average Bonchev–Trinajstić information content (AvgIpc) is 2.76. The molecule has 0 saturated carbocycles. The van der Waals surface area contributed by atoms with Gasteiger partial charge >= 0.3 is 0 Å². The van der Waals surface area contributed by atoms with Crippen molar-refractivity contribution in [1.29, 1.82) is 0 Å². The molecule has 21 heavy (non-hydrogen) atoms. The zero-order valence-corrected chi connectivity index (χ0v) is 11.7. The third-order valence-corrected chi connectivity index (χ3v) is 3.47. The smallest absolute Gasteiger partial charge is 0.239 e. The highest BCUT2D eigenvalue weighted by Gasteiger charge is 2.37. The van der Waals surface area contributed by atoms with E-state index in [2.05, 4.69) is 0 Å². The zero-order valence-electron chi connectivity index (χ0n) is 11.7. The summed E-state index contributed by atoms with van der Waals surface area (Å²) in [5, 5.41) is 12.2.